The molecule has 0 amide bonds. The minimum Gasteiger partial charge on any atom is -0.378 e. The minimum atomic E-state index is -0.582. The molecule has 0 spiro atoms. The maximum Gasteiger partial charge on any atom is 0.353 e. The number of hydrogen-bond donors (Lipinski definition) is 2. The van der Waals surface area contributed by atoms with Gasteiger partial charge >= 0.3 is 5.69 Å². The number of rotatable bonds is 3. The largest absolute Gasteiger partial charge is 0.378 e. The number of nitro groups is 1. The molecule has 98 valence electrons. The van der Waals surface area contributed by atoms with Crippen molar-refractivity contribution in [3.05, 3.63) is 16.4 Å². The molecule has 1 saturated heterocycles. The molecule has 2 rings (SSSR count). The summed E-state index contributed by atoms with van der Waals surface area (Å²) in [6.07, 6.45) is 1.89. The zero-order chi connectivity index (χ0) is 13.3. The smallest absolute Gasteiger partial charge is 0.353 e. The predicted molar refractivity (Wildman–Crippen MR) is 65.2 cm³/mol. The Morgan fingerprint density at radius 3 is 2.94 bits per heavy atom. The van der Waals surface area contributed by atoms with Crippen molar-refractivity contribution in [2.75, 3.05) is 17.7 Å². The van der Waals surface area contributed by atoms with E-state index in [0.29, 0.717) is 6.61 Å². The highest BCUT2D eigenvalue weighted by atomic mass is 16.6. The van der Waals surface area contributed by atoms with Gasteiger partial charge in [-0.2, -0.15) is 0 Å². The van der Waals surface area contributed by atoms with E-state index in [2.05, 4.69) is 15.3 Å². The number of nitrogens with zero attached hydrogens (tertiary/aromatic N) is 3. The maximum atomic E-state index is 11.0. The Kier molecular flexibility index (Phi) is 3.04. The van der Waals surface area contributed by atoms with Gasteiger partial charge in [0.25, 0.3) is 0 Å². The van der Waals surface area contributed by atoms with Crippen LogP contribution in [0, 0.1) is 10.1 Å². The molecule has 0 bridgehead atoms. The van der Waals surface area contributed by atoms with Gasteiger partial charge in [0.05, 0.1) is 16.6 Å². The van der Waals surface area contributed by atoms with Gasteiger partial charge < -0.3 is 15.8 Å². The third kappa shape index (κ3) is 2.06. The van der Waals surface area contributed by atoms with Gasteiger partial charge in [-0.15, -0.1) is 0 Å². The number of nitrogens with two attached hydrogens (primary N) is 1. The first-order chi connectivity index (χ1) is 8.44. The number of aromatic nitrogens is 2. The lowest BCUT2D eigenvalue weighted by Crippen LogP contribution is -2.41. The molecule has 1 aliphatic heterocycles. The molecule has 0 aliphatic carbocycles. The van der Waals surface area contributed by atoms with E-state index in [1.165, 1.54) is 6.33 Å². The second-order valence-electron chi connectivity index (χ2n) is 4.52. The summed E-state index contributed by atoms with van der Waals surface area (Å²) in [4.78, 5) is 17.9. The van der Waals surface area contributed by atoms with Crippen molar-refractivity contribution in [3.8, 4) is 0 Å². The van der Waals surface area contributed by atoms with Gasteiger partial charge in [-0.1, -0.05) is 0 Å². The lowest BCUT2D eigenvalue weighted by Gasteiger charge is -2.29. The predicted octanol–water partition coefficient (Wildman–Crippen LogP) is 0.946. The van der Waals surface area contributed by atoms with E-state index in [9.17, 15) is 10.1 Å². The van der Waals surface area contributed by atoms with E-state index < -0.39 is 10.5 Å². The Balaban J connectivity index is 2.35. The standard InChI is InChI=1S/C10H15N5O3/c1-6-10(2,3-4-18-6)14-9-7(15(16)17)8(11)12-5-13-9/h5-6H,3-4H2,1-2H3,(H3,11,12,13,14). The first-order valence-corrected chi connectivity index (χ1v) is 5.58. The number of anilines is 2. The molecule has 1 aromatic heterocycles. The van der Waals surface area contributed by atoms with Crippen LogP contribution in [0.3, 0.4) is 0 Å². The van der Waals surface area contributed by atoms with Crippen LogP contribution in [0.4, 0.5) is 17.3 Å². The fourth-order valence-corrected chi connectivity index (χ4v) is 1.93. The van der Waals surface area contributed by atoms with Crippen molar-refractivity contribution < 1.29 is 9.66 Å². The number of hydrogen-bond acceptors (Lipinski definition) is 7. The molecule has 18 heavy (non-hydrogen) atoms. The highest BCUT2D eigenvalue weighted by Crippen LogP contribution is 2.33. The van der Waals surface area contributed by atoms with E-state index >= 15 is 0 Å². The SMILES string of the molecule is CC1OCCC1(C)Nc1ncnc(N)c1[N+](=O)[O-]. The van der Waals surface area contributed by atoms with Crippen molar-refractivity contribution in [3.63, 3.8) is 0 Å². The zero-order valence-corrected chi connectivity index (χ0v) is 10.2. The quantitative estimate of drug-likeness (QED) is 0.608. The van der Waals surface area contributed by atoms with Gasteiger partial charge in [0.2, 0.25) is 11.6 Å². The van der Waals surface area contributed by atoms with Crippen LogP contribution in [-0.4, -0.2) is 33.1 Å². The summed E-state index contributed by atoms with van der Waals surface area (Å²) in [6, 6.07) is 0. The molecule has 2 atom stereocenters. The van der Waals surface area contributed by atoms with E-state index in [0.717, 1.165) is 6.42 Å². The fraction of sp³-hybridized carbons (Fsp3) is 0.600. The van der Waals surface area contributed by atoms with Crippen molar-refractivity contribution >= 4 is 17.3 Å². The third-order valence-corrected chi connectivity index (χ3v) is 3.32. The van der Waals surface area contributed by atoms with Gasteiger partial charge in [0.1, 0.15) is 6.33 Å². The molecule has 3 N–H and O–H groups in total. The topological polar surface area (TPSA) is 116 Å². The highest BCUT2D eigenvalue weighted by molar-refractivity contribution is 5.68. The van der Waals surface area contributed by atoms with Crippen molar-refractivity contribution in [2.45, 2.75) is 31.9 Å². The molecular weight excluding hydrogens is 238 g/mol. The summed E-state index contributed by atoms with van der Waals surface area (Å²) in [6.45, 7) is 4.46. The first kappa shape index (κ1) is 12.5. The monoisotopic (exact) mass is 253 g/mol. The summed E-state index contributed by atoms with van der Waals surface area (Å²) >= 11 is 0. The molecule has 2 heterocycles. The van der Waals surface area contributed by atoms with Crippen LogP contribution in [0.1, 0.15) is 20.3 Å². The molecule has 8 heteroatoms. The lowest BCUT2D eigenvalue weighted by molar-refractivity contribution is -0.383. The molecule has 1 aliphatic rings. The van der Waals surface area contributed by atoms with Crippen molar-refractivity contribution in [1.29, 1.82) is 0 Å². The average molecular weight is 253 g/mol. The van der Waals surface area contributed by atoms with Crippen LogP contribution in [0.5, 0.6) is 0 Å². The second kappa shape index (κ2) is 4.37. The Morgan fingerprint density at radius 2 is 2.39 bits per heavy atom. The van der Waals surface area contributed by atoms with Crippen LogP contribution >= 0.6 is 0 Å². The van der Waals surface area contributed by atoms with Gasteiger partial charge in [0.15, 0.2) is 0 Å². The second-order valence-corrected chi connectivity index (χ2v) is 4.52. The third-order valence-electron chi connectivity index (χ3n) is 3.32. The molecular formula is C10H15N5O3. The Labute approximate surface area is 104 Å². The Bertz CT molecular complexity index is 481. The van der Waals surface area contributed by atoms with E-state index in [4.69, 9.17) is 10.5 Å². The van der Waals surface area contributed by atoms with Crippen LogP contribution in [0.2, 0.25) is 0 Å². The molecule has 1 fully saturated rings. The average Bonchev–Trinajstić information content (AvgIpc) is 2.58. The maximum absolute atomic E-state index is 11.0. The van der Waals surface area contributed by atoms with Gasteiger partial charge in [0, 0.05) is 6.61 Å². The number of nitrogens with one attached hydrogen (secondary N) is 1. The molecule has 1 aromatic rings. The highest BCUT2D eigenvalue weighted by Gasteiger charge is 2.39. The molecule has 0 radical (unpaired) electrons. The number of nitrogen functional groups attached to an aromatic ring is 1. The van der Waals surface area contributed by atoms with Gasteiger partial charge in [-0.3, -0.25) is 10.1 Å². The van der Waals surface area contributed by atoms with E-state index in [1.807, 2.05) is 13.8 Å². The molecule has 8 nitrogen and oxygen atoms in total. The molecule has 2 unspecified atom stereocenters. The van der Waals surface area contributed by atoms with Crippen LogP contribution < -0.4 is 11.1 Å². The molecule has 0 aromatic carbocycles. The Hall–Kier alpha value is -1.96. The van der Waals surface area contributed by atoms with Crippen molar-refractivity contribution in [1.82, 2.24) is 9.97 Å². The normalized spacial score (nSPS) is 27.1. The zero-order valence-electron chi connectivity index (χ0n) is 10.2. The van der Waals surface area contributed by atoms with E-state index in [-0.39, 0.29) is 23.4 Å². The van der Waals surface area contributed by atoms with Gasteiger partial charge in [-0.05, 0) is 20.3 Å². The summed E-state index contributed by atoms with van der Waals surface area (Å²) < 4.78 is 5.46. The summed E-state index contributed by atoms with van der Waals surface area (Å²) in [7, 11) is 0. The summed E-state index contributed by atoms with van der Waals surface area (Å²) in [5, 5.41) is 14.0. The van der Waals surface area contributed by atoms with E-state index in [1.54, 1.807) is 0 Å². The first-order valence-electron chi connectivity index (χ1n) is 5.58. The van der Waals surface area contributed by atoms with Crippen LogP contribution in [0.15, 0.2) is 6.33 Å². The lowest BCUT2D eigenvalue weighted by atomic mass is 9.94. The fourth-order valence-electron chi connectivity index (χ4n) is 1.93. The summed E-state index contributed by atoms with van der Waals surface area (Å²) in [5.41, 5.74) is 4.82. The van der Waals surface area contributed by atoms with Crippen LogP contribution in [-0.2, 0) is 4.74 Å². The Morgan fingerprint density at radius 1 is 1.67 bits per heavy atom. The minimum absolute atomic E-state index is 0.0618. The van der Waals surface area contributed by atoms with Crippen LogP contribution in [0.25, 0.3) is 0 Å². The molecule has 0 saturated carbocycles. The van der Waals surface area contributed by atoms with Gasteiger partial charge in [-0.25, -0.2) is 9.97 Å². The summed E-state index contributed by atoms with van der Waals surface area (Å²) in [5.74, 6) is -0.0139. The van der Waals surface area contributed by atoms with Crippen molar-refractivity contribution in [2.24, 2.45) is 0 Å². The number of ether oxygens (including phenoxy) is 1.